The first-order valence-electron chi connectivity index (χ1n) is 7.62. The normalized spacial score (nSPS) is 31.5. The molecule has 0 aromatic carbocycles. The molecule has 0 saturated heterocycles. The third-order valence-electron chi connectivity index (χ3n) is 5.17. The minimum Gasteiger partial charge on any atom is -0.478 e. The van der Waals surface area contributed by atoms with Crippen molar-refractivity contribution in [3.05, 3.63) is 24.0 Å². The van der Waals surface area contributed by atoms with Crippen LogP contribution in [0.25, 0.3) is 0 Å². The van der Waals surface area contributed by atoms with Crippen LogP contribution in [0.3, 0.4) is 0 Å². The van der Waals surface area contributed by atoms with Crippen molar-refractivity contribution < 1.29 is 24.2 Å². The third kappa shape index (κ3) is 3.00. The Morgan fingerprint density at radius 2 is 2.14 bits per heavy atom. The molecule has 6 heteroatoms. The van der Waals surface area contributed by atoms with Crippen molar-refractivity contribution in [3.63, 3.8) is 0 Å². The van der Waals surface area contributed by atoms with E-state index >= 15 is 0 Å². The number of carboxylic acids is 1. The van der Waals surface area contributed by atoms with Crippen LogP contribution in [0.2, 0.25) is 18.1 Å². The molecule has 5 nitrogen and oxygen atoms in total. The number of allylic oxidation sites excluding steroid dienone is 1. The van der Waals surface area contributed by atoms with Gasteiger partial charge in [-0.1, -0.05) is 32.9 Å². The Labute approximate surface area is 132 Å². The van der Waals surface area contributed by atoms with Gasteiger partial charge in [-0.2, -0.15) is 0 Å². The summed E-state index contributed by atoms with van der Waals surface area (Å²) in [5.41, 5.74) is 0.215. The number of fused-ring (bicyclic) bond motifs is 1. The number of carbonyl (C=O) groups is 1. The van der Waals surface area contributed by atoms with Crippen LogP contribution in [0.4, 0.5) is 0 Å². The van der Waals surface area contributed by atoms with Gasteiger partial charge in [0.1, 0.15) is 0 Å². The SMILES string of the molecule is CC(C)(C)[Si](C)(C)OCC1(O)OC=C(C(=O)O)C2CC=C[C@@H]21. The van der Waals surface area contributed by atoms with Crippen molar-refractivity contribution in [3.8, 4) is 0 Å². The zero-order valence-electron chi connectivity index (χ0n) is 13.9. The van der Waals surface area contributed by atoms with Gasteiger partial charge in [-0.25, -0.2) is 4.79 Å². The van der Waals surface area contributed by atoms with Crippen LogP contribution in [0, 0.1) is 11.8 Å². The number of aliphatic hydroxyl groups is 1. The number of hydrogen-bond donors (Lipinski definition) is 2. The van der Waals surface area contributed by atoms with Gasteiger partial charge in [0.2, 0.25) is 5.79 Å². The Morgan fingerprint density at radius 3 is 2.68 bits per heavy atom. The Bertz CT molecular complexity index is 517. The molecule has 0 amide bonds. The quantitative estimate of drug-likeness (QED) is 0.614. The molecular weight excluding hydrogens is 300 g/mol. The first-order chi connectivity index (χ1) is 9.98. The van der Waals surface area contributed by atoms with Crippen LogP contribution < -0.4 is 0 Å². The molecule has 2 aliphatic rings. The average molecular weight is 326 g/mol. The van der Waals surface area contributed by atoms with Crippen LogP contribution in [-0.2, 0) is 14.0 Å². The Hall–Kier alpha value is -1.11. The van der Waals surface area contributed by atoms with Crippen LogP contribution in [-0.4, -0.2) is 36.9 Å². The Balaban J connectivity index is 2.17. The maximum absolute atomic E-state index is 11.3. The zero-order chi connectivity index (χ0) is 16.8. The summed E-state index contributed by atoms with van der Waals surface area (Å²) in [6.45, 7) is 10.7. The van der Waals surface area contributed by atoms with E-state index in [1.165, 1.54) is 6.26 Å². The molecule has 1 heterocycles. The summed E-state index contributed by atoms with van der Waals surface area (Å²) in [7, 11) is -2.02. The van der Waals surface area contributed by atoms with E-state index in [2.05, 4.69) is 33.9 Å². The van der Waals surface area contributed by atoms with Crippen molar-refractivity contribution >= 4 is 14.3 Å². The van der Waals surface area contributed by atoms with E-state index in [0.29, 0.717) is 6.42 Å². The molecule has 22 heavy (non-hydrogen) atoms. The van der Waals surface area contributed by atoms with Gasteiger partial charge >= 0.3 is 5.97 Å². The molecule has 124 valence electrons. The second-order valence-corrected chi connectivity index (χ2v) is 12.5. The van der Waals surface area contributed by atoms with E-state index in [4.69, 9.17) is 9.16 Å². The third-order valence-corrected chi connectivity index (χ3v) is 9.65. The number of rotatable bonds is 4. The van der Waals surface area contributed by atoms with Gasteiger partial charge in [0.25, 0.3) is 0 Å². The topological polar surface area (TPSA) is 76.0 Å². The summed E-state index contributed by atoms with van der Waals surface area (Å²) in [4.78, 5) is 11.3. The summed E-state index contributed by atoms with van der Waals surface area (Å²) < 4.78 is 11.5. The maximum atomic E-state index is 11.3. The number of aliphatic carboxylic acids is 1. The van der Waals surface area contributed by atoms with Crippen molar-refractivity contribution in [1.29, 1.82) is 0 Å². The lowest BCUT2D eigenvalue weighted by Crippen LogP contribution is -2.52. The second-order valence-electron chi connectivity index (χ2n) is 7.69. The van der Waals surface area contributed by atoms with Crippen LogP contribution >= 0.6 is 0 Å². The highest BCUT2D eigenvalue weighted by Crippen LogP contribution is 2.44. The lowest BCUT2D eigenvalue weighted by molar-refractivity contribution is -0.228. The van der Waals surface area contributed by atoms with Gasteiger partial charge < -0.3 is 19.4 Å². The molecular formula is C16H26O5Si. The maximum Gasteiger partial charge on any atom is 0.335 e. The van der Waals surface area contributed by atoms with Crippen molar-refractivity contribution in [2.75, 3.05) is 6.61 Å². The number of hydrogen-bond acceptors (Lipinski definition) is 4. The molecule has 0 fully saturated rings. The lowest BCUT2D eigenvalue weighted by atomic mass is 9.81. The van der Waals surface area contributed by atoms with Crippen LogP contribution in [0.5, 0.6) is 0 Å². The van der Waals surface area contributed by atoms with Crippen LogP contribution in [0.1, 0.15) is 27.2 Å². The summed E-state index contributed by atoms with van der Waals surface area (Å²) in [5.74, 6) is -3.12. The van der Waals surface area contributed by atoms with Gasteiger partial charge in [-0.3, -0.25) is 0 Å². The Kier molecular flexibility index (Phi) is 4.32. The summed E-state index contributed by atoms with van der Waals surface area (Å²) in [6.07, 6.45) is 5.54. The van der Waals surface area contributed by atoms with Crippen molar-refractivity contribution in [2.45, 2.75) is 51.1 Å². The van der Waals surface area contributed by atoms with E-state index < -0.39 is 20.1 Å². The zero-order valence-corrected chi connectivity index (χ0v) is 14.9. The molecule has 2 unspecified atom stereocenters. The second kappa shape index (κ2) is 5.51. The molecule has 0 spiro atoms. The van der Waals surface area contributed by atoms with E-state index in [0.717, 1.165) is 0 Å². The Morgan fingerprint density at radius 1 is 1.50 bits per heavy atom. The first kappa shape index (κ1) is 17.2. The molecule has 1 aliphatic carbocycles. The van der Waals surface area contributed by atoms with E-state index in [1.807, 2.05) is 12.2 Å². The monoisotopic (exact) mass is 326 g/mol. The minimum atomic E-state index is -2.02. The van der Waals surface area contributed by atoms with Gasteiger partial charge in [0.15, 0.2) is 8.32 Å². The predicted molar refractivity (Wildman–Crippen MR) is 85.6 cm³/mol. The molecule has 0 aromatic rings. The molecule has 1 aliphatic heterocycles. The molecule has 3 atom stereocenters. The smallest absolute Gasteiger partial charge is 0.335 e. The molecule has 0 radical (unpaired) electrons. The van der Waals surface area contributed by atoms with E-state index in [9.17, 15) is 15.0 Å². The highest BCUT2D eigenvalue weighted by molar-refractivity contribution is 6.74. The average Bonchev–Trinajstić information content (AvgIpc) is 2.86. The first-order valence-corrected chi connectivity index (χ1v) is 10.5. The fourth-order valence-electron chi connectivity index (χ4n) is 2.61. The highest BCUT2D eigenvalue weighted by Gasteiger charge is 2.50. The van der Waals surface area contributed by atoms with E-state index in [1.54, 1.807) is 0 Å². The fraction of sp³-hybridized carbons (Fsp3) is 0.688. The predicted octanol–water partition coefficient (Wildman–Crippen LogP) is 2.89. The minimum absolute atomic E-state index is 0.0327. The van der Waals surface area contributed by atoms with Crippen molar-refractivity contribution in [2.24, 2.45) is 11.8 Å². The highest BCUT2D eigenvalue weighted by atomic mass is 28.4. The van der Waals surface area contributed by atoms with Gasteiger partial charge in [-0.05, 0) is 24.6 Å². The standard InChI is InChI=1S/C16H26O5Si/c1-15(2,3)22(4,5)21-10-16(19)13-8-6-7-11(13)12(9-20-16)14(17)18/h6,8-9,11,13,19H,7,10H2,1-5H3,(H,17,18)/t11?,13-,16?/m0/s1. The van der Waals surface area contributed by atoms with Gasteiger partial charge in [-0.15, -0.1) is 0 Å². The molecule has 0 aromatic heterocycles. The summed E-state index contributed by atoms with van der Waals surface area (Å²) in [6, 6.07) is 0. The molecule has 0 saturated carbocycles. The van der Waals surface area contributed by atoms with Crippen LogP contribution in [0.15, 0.2) is 24.0 Å². The summed E-state index contributed by atoms with van der Waals surface area (Å²) >= 11 is 0. The van der Waals surface area contributed by atoms with Gasteiger partial charge in [0.05, 0.1) is 24.4 Å². The molecule has 2 N–H and O–H groups in total. The van der Waals surface area contributed by atoms with E-state index in [-0.39, 0.29) is 29.1 Å². The van der Waals surface area contributed by atoms with Gasteiger partial charge in [0, 0.05) is 5.92 Å². The summed E-state index contributed by atoms with van der Waals surface area (Å²) in [5, 5.41) is 20.1. The fourth-order valence-corrected chi connectivity index (χ4v) is 3.61. The largest absolute Gasteiger partial charge is 0.478 e. The lowest BCUT2D eigenvalue weighted by Gasteiger charge is -2.43. The van der Waals surface area contributed by atoms with Crippen molar-refractivity contribution in [1.82, 2.24) is 0 Å². The number of ether oxygens (including phenoxy) is 1. The molecule has 2 rings (SSSR count). The molecule has 0 bridgehead atoms. The number of carboxylic acid groups (broad SMARTS) is 1.